The molecule has 8 heteroatoms. The molecular formula is C28H37ClN4O3. The van der Waals surface area contributed by atoms with Crippen LogP contribution in [0.25, 0.3) is 0 Å². The van der Waals surface area contributed by atoms with E-state index in [9.17, 15) is 9.59 Å². The maximum atomic E-state index is 12.9. The fourth-order valence-corrected chi connectivity index (χ4v) is 5.36. The lowest BCUT2D eigenvalue weighted by Crippen LogP contribution is -2.49. The summed E-state index contributed by atoms with van der Waals surface area (Å²) in [7, 11) is 1.82. The van der Waals surface area contributed by atoms with Gasteiger partial charge in [-0.1, -0.05) is 41.9 Å². The van der Waals surface area contributed by atoms with Gasteiger partial charge < -0.3 is 20.7 Å². The SMILES string of the molecule is Cc1c(C)c(OCC(=O)N(C)C2CCN(CC(=O)NC3(c4ccccc4)CC3)CC2)c(Cl)c(C)c1N. The monoisotopic (exact) mass is 512 g/mol. The summed E-state index contributed by atoms with van der Waals surface area (Å²) in [5.41, 5.74) is 10.3. The third kappa shape index (κ3) is 5.47. The van der Waals surface area contributed by atoms with Crippen LogP contribution in [0.4, 0.5) is 5.69 Å². The van der Waals surface area contributed by atoms with Crippen molar-refractivity contribution in [3.8, 4) is 5.75 Å². The van der Waals surface area contributed by atoms with E-state index in [1.54, 1.807) is 4.90 Å². The molecule has 0 radical (unpaired) electrons. The summed E-state index contributed by atoms with van der Waals surface area (Å²) in [6.45, 7) is 7.53. The largest absolute Gasteiger partial charge is 0.482 e. The molecular weight excluding hydrogens is 476 g/mol. The van der Waals surface area contributed by atoms with Crippen LogP contribution in [0.3, 0.4) is 0 Å². The van der Waals surface area contributed by atoms with Crippen molar-refractivity contribution in [3.05, 3.63) is 57.6 Å². The van der Waals surface area contributed by atoms with Crippen LogP contribution in [0.1, 0.15) is 47.9 Å². The van der Waals surface area contributed by atoms with E-state index in [-0.39, 0.29) is 30.0 Å². The molecule has 3 N–H and O–H groups in total. The summed E-state index contributed by atoms with van der Waals surface area (Å²) in [4.78, 5) is 29.6. The Morgan fingerprint density at radius 1 is 1.11 bits per heavy atom. The number of nitrogen functional groups attached to an aromatic ring is 1. The summed E-state index contributed by atoms with van der Waals surface area (Å²) < 4.78 is 5.88. The maximum Gasteiger partial charge on any atom is 0.260 e. The molecule has 1 saturated heterocycles. The smallest absolute Gasteiger partial charge is 0.260 e. The predicted octanol–water partition coefficient (Wildman–Crippen LogP) is 3.95. The number of amides is 2. The van der Waals surface area contributed by atoms with E-state index >= 15 is 0 Å². The number of halogens is 1. The van der Waals surface area contributed by atoms with Crippen molar-refractivity contribution in [3.63, 3.8) is 0 Å². The summed E-state index contributed by atoms with van der Waals surface area (Å²) in [5.74, 6) is 0.494. The van der Waals surface area contributed by atoms with Crippen molar-refractivity contribution in [1.82, 2.24) is 15.1 Å². The fourth-order valence-electron chi connectivity index (χ4n) is 5.06. The molecule has 2 amide bonds. The molecule has 0 atom stereocenters. The Labute approximate surface area is 218 Å². The zero-order valence-corrected chi connectivity index (χ0v) is 22.5. The normalized spacial score (nSPS) is 17.5. The lowest BCUT2D eigenvalue weighted by molar-refractivity contribution is -0.135. The van der Waals surface area contributed by atoms with Crippen LogP contribution in [0.15, 0.2) is 30.3 Å². The van der Waals surface area contributed by atoms with E-state index in [0.29, 0.717) is 23.0 Å². The van der Waals surface area contributed by atoms with Crippen molar-refractivity contribution < 1.29 is 14.3 Å². The van der Waals surface area contributed by atoms with E-state index in [1.807, 2.05) is 46.0 Å². The highest BCUT2D eigenvalue weighted by atomic mass is 35.5. The number of nitrogens with one attached hydrogen (secondary N) is 1. The van der Waals surface area contributed by atoms with Crippen LogP contribution in [0, 0.1) is 20.8 Å². The molecule has 2 aromatic carbocycles. The van der Waals surface area contributed by atoms with Crippen LogP contribution < -0.4 is 15.8 Å². The Balaban J connectivity index is 1.25. The molecule has 2 aromatic rings. The van der Waals surface area contributed by atoms with Gasteiger partial charge in [-0.25, -0.2) is 0 Å². The third-order valence-electron chi connectivity index (χ3n) is 7.90. The molecule has 0 unspecified atom stereocenters. The van der Waals surface area contributed by atoms with E-state index in [1.165, 1.54) is 5.56 Å². The molecule has 2 fully saturated rings. The number of rotatable bonds is 8. The summed E-state index contributed by atoms with van der Waals surface area (Å²) in [6.07, 6.45) is 3.61. The number of carbonyl (C=O) groups is 2. The van der Waals surface area contributed by atoms with Crippen LogP contribution in [0.2, 0.25) is 5.02 Å². The molecule has 36 heavy (non-hydrogen) atoms. The van der Waals surface area contributed by atoms with E-state index in [2.05, 4.69) is 22.3 Å². The standard InChI is InChI=1S/C28H37ClN4O3/c1-18-19(2)27(25(29)20(3)26(18)30)36-17-24(35)32(4)22-10-14-33(15-11-22)16-23(34)31-28(12-13-28)21-8-6-5-7-9-21/h5-9,22H,10-17,30H2,1-4H3,(H,31,34). The van der Waals surface area contributed by atoms with Crippen LogP contribution >= 0.6 is 11.6 Å². The second-order valence-corrected chi connectivity index (χ2v) is 10.6. The Morgan fingerprint density at radius 3 is 2.36 bits per heavy atom. The zero-order chi connectivity index (χ0) is 26.0. The molecule has 1 heterocycles. The van der Waals surface area contributed by atoms with Crippen molar-refractivity contribution >= 4 is 29.1 Å². The molecule has 194 valence electrons. The summed E-state index contributed by atoms with van der Waals surface area (Å²) in [6, 6.07) is 10.3. The molecule has 7 nitrogen and oxygen atoms in total. The minimum atomic E-state index is -0.188. The van der Waals surface area contributed by atoms with E-state index < -0.39 is 0 Å². The third-order valence-corrected chi connectivity index (χ3v) is 8.36. The average molecular weight is 513 g/mol. The van der Waals surface area contributed by atoms with Gasteiger partial charge in [0.1, 0.15) is 5.75 Å². The average Bonchev–Trinajstić information content (AvgIpc) is 3.67. The second-order valence-electron chi connectivity index (χ2n) is 10.2. The van der Waals surface area contributed by atoms with Gasteiger partial charge in [0, 0.05) is 31.9 Å². The van der Waals surface area contributed by atoms with Crippen molar-refractivity contribution in [2.75, 3.05) is 39.0 Å². The molecule has 1 aliphatic heterocycles. The first-order valence-corrected chi connectivity index (χ1v) is 13.0. The van der Waals surface area contributed by atoms with Gasteiger partial charge in [0.2, 0.25) is 5.91 Å². The van der Waals surface area contributed by atoms with Gasteiger partial charge >= 0.3 is 0 Å². The van der Waals surface area contributed by atoms with Crippen molar-refractivity contribution in [2.45, 2.75) is 58.0 Å². The molecule has 0 spiro atoms. The number of hydrogen-bond donors (Lipinski definition) is 2. The summed E-state index contributed by atoms with van der Waals surface area (Å²) in [5, 5.41) is 3.71. The van der Waals surface area contributed by atoms with Crippen LogP contribution in [-0.2, 0) is 15.1 Å². The van der Waals surface area contributed by atoms with Crippen LogP contribution in [0.5, 0.6) is 5.75 Å². The highest BCUT2D eigenvalue weighted by Crippen LogP contribution is 2.45. The maximum absolute atomic E-state index is 12.9. The first kappa shape index (κ1) is 26.3. The van der Waals surface area contributed by atoms with Gasteiger partial charge in [0.15, 0.2) is 6.61 Å². The van der Waals surface area contributed by atoms with Crippen molar-refractivity contribution in [1.29, 1.82) is 0 Å². The van der Waals surface area contributed by atoms with Gasteiger partial charge in [-0.05, 0) is 68.7 Å². The van der Waals surface area contributed by atoms with Crippen LogP contribution in [-0.4, -0.2) is 60.9 Å². The number of hydrogen-bond acceptors (Lipinski definition) is 5. The highest BCUT2D eigenvalue weighted by molar-refractivity contribution is 6.33. The van der Waals surface area contributed by atoms with E-state index in [0.717, 1.165) is 55.5 Å². The van der Waals surface area contributed by atoms with Crippen molar-refractivity contribution in [2.24, 2.45) is 0 Å². The Bertz CT molecular complexity index is 1100. The topological polar surface area (TPSA) is 87.9 Å². The quantitative estimate of drug-likeness (QED) is 0.523. The van der Waals surface area contributed by atoms with E-state index in [4.69, 9.17) is 22.1 Å². The number of piperidine rings is 1. The lowest BCUT2D eigenvalue weighted by Gasteiger charge is -2.36. The fraction of sp³-hybridized carbons (Fsp3) is 0.500. The Morgan fingerprint density at radius 2 is 1.75 bits per heavy atom. The molecule has 0 aromatic heterocycles. The zero-order valence-electron chi connectivity index (χ0n) is 21.7. The minimum Gasteiger partial charge on any atom is -0.482 e. The Hall–Kier alpha value is -2.77. The van der Waals surface area contributed by atoms with Gasteiger partial charge in [-0.15, -0.1) is 0 Å². The summed E-state index contributed by atoms with van der Waals surface area (Å²) >= 11 is 6.46. The minimum absolute atomic E-state index is 0.0639. The number of likely N-dealkylation sites (tertiary alicyclic amines) is 1. The molecule has 0 bridgehead atoms. The lowest BCUT2D eigenvalue weighted by atomic mass is 10.0. The molecule has 2 aliphatic rings. The number of benzene rings is 2. The number of likely N-dealkylation sites (N-methyl/N-ethyl adjacent to an activating group) is 1. The first-order chi connectivity index (χ1) is 17.1. The van der Waals surface area contributed by atoms with Gasteiger partial charge in [-0.2, -0.15) is 0 Å². The number of nitrogens with zero attached hydrogens (tertiary/aromatic N) is 2. The highest BCUT2D eigenvalue weighted by Gasteiger charge is 2.45. The number of carbonyl (C=O) groups excluding carboxylic acids is 2. The number of ether oxygens (including phenoxy) is 1. The molecule has 4 rings (SSSR count). The Kier molecular flexibility index (Phi) is 7.81. The molecule has 1 saturated carbocycles. The number of nitrogens with two attached hydrogens (primary N) is 1. The number of anilines is 1. The first-order valence-electron chi connectivity index (χ1n) is 12.6. The van der Waals surface area contributed by atoms with Gasteiger partial charge in [0.05, 0.1) is 17.1 Å². The van der Waals surface area contributed by atoms with Gasteiger partial charge in [0.25, 0.3) is 5.91 Å². The predicted molar refractivity (Wildman–Crippen MR) is 143 cm³/mol. The molecule has 1 aliphatic carbocycles. The van der Waals surface area contributed by atoms with Gasteiger partial charge in [-0.3, -0.25) is 14.5 Å². The second kappa shape index (κ2) is 10.7.